The van der Waals surface area contributed by atoms with E-state index in [4.69, 9.17) is 19.3 Å². The van der Waals surface area contributed by atoms with Crippen molar-refractivity contribution in [2.75, 3.05) is 27.9 Å². The quantitative estimate of drug-likeness (QED) is 0.592. The highest BCUT2D eigenvalue weighted by molar-refractivity contribution is 5.74. The number of nitrogens with one attached hydrogen (secondary N) is 2. The van der Waals surface area contributed by atoms with E-state index in [1.807, 2.05) is 0 Å². The van der Waals surface area contributed by atoms with E-state index >= 15 is 0 Å². The highest BCUT2D eigenvalue weighted by atomic mass is 16.5. The summed E-state index contributed by atoms with van der Waals surface area (Å²) in [6.45, 7) is 0.523. The number of aliphatic carboxylic acids is 1. The third-order valence-corrected chi connectivity index (χ3v) is 3.08. The molecule has 0 aromatic heterocycles. The number of hydrogen-bond donors (Lipinski definition) is 3. The molecule has 0 aliphatic carbocycles. The van der Waals surface area contributed by atoms with Crippen LogP contribution in [0.15, 0.2) is 12.1 Å². The average molecular weight is 326 g/mol. The number of carbonyl (C=O) groups excluding carboxylic acids is 1. The summed E-state index contributed by atoms with van der Waals surface area (Å²) in [7, 11) is 4.54. The topological polar surface area (TPSA) is 106 Å². The van der Waals surface area contributed by atoms with Gasteiger partial charge in [-0.25, -0.2) is 4.79 Å². The molecule has 0 aliphatic rings. The van der Waals surface area contributed by atoms with Gasteiger partial charge in [0.1, 0.15) is 0 Å². The summed E-state index contributed by atoms with van der Waals surface area (Å²) in [4.78, 5) is 22.0. The van der Waals surface area contributed by atoms with Crippen molar-refractivity contribution in [3.63, 3.8) is 0 Å². The zero-order valence-corrected chi connectivity index (χ0v) is 13.5. The lowest BCUT2D eigenvalue weighted by molar-refractivity contribution is -0.137. The Hall–Kier alpha value is -2.64. The van der Waals surface area contributed by atoms with Crippen molar-refractivity contribution < 1.29 is 28.9 Å². The smallest absolute Gasteiger partial charge is 0.315 e. The summed E-state index contributed by atoms with van der Waals surface area (Å²) in [5.74, 6) is 0.586. The fraction of sp³-hybridized carbons (Fsp3) is 0.467. The van der Waals surface area contributed by atoms with E-state index in [-0.39, 0.29) is 19.0 Å². The van der Waals surface area contributed by atoms with Gasteiger partial charge in [0.2, 0.25) is 5.75 Å². The van der Waals surface area contributed by atoms with E-state index in [0.29, 0.717) is 30.2 Å². The summed E-state index contributed by atoms with van der Waals surface area (Å²) < 4.78 is 15.8. The Bertz CT molecular complexity index is 547. The number of hydrogen-bond acceptors (Lipinski definition) is 5. The van der Waals surface area contributed by atoms with E-state index in [1.54, 1.807) is 12.1 Å². The van der Waals surface area contributed by atoms with Gasteiger partial charge in [0.05, 0.1) is 21.3 Å². The molecule has 0 atom stereocenters. The molecule has 8 nitrogen and oxygen atoms in total. The maximum Gasteiger partial charge on any atom is 0.315 e. The Morgan fingerprint density at radius 3 is 2.30 bits per heavy atom. The van der Waals surface area contributed by atoms with E-state index < -0.39 is 5.97 Å². The first-order chi connectivity index (χ1) is 11.0. The Balaban J connectivity index is 2.60. The van der Waals surface area contributed by atoms with E-state index in [2.05, 4.69) is 10.6 Å². The van der Waals surface area contributed by atoms with Gasteiger partial charge < -0.3 is 30.0 Å². The van der Waals surface area contributed by atoms with Gasteiger partial charge in [0.25, 0.3) is 0 Å². The van der Waals surface area contributed by atoms with Crippen LogP contribution in [0.5, 0.6) is 17.2 Å². The monoisotopic (exact) mass is 326 g/mol. The Morgan fingerprint density at radius 2 is 1.74 bits per heavy atom. The van der Waals surface area contributed by atoms with E-state index in [9.17, 15) is 9.59 Å². The Morgan fingerprint density at radius 1 is 1.04 bits per heavy atom. The van der Waals surface area contributed by atoms with Gasteiger partial charge >= 0.3 is 12.0 Å². The molecule has 0 bridgehead atoms. The fourth-order valence-electron chi connectivity index (χ4n) is 1.98. The van der Waals surface area contributed by atoms with Gasteiger partial charge in [-0.1, -0.05) is 0 Å². The van der Waals surface area contributed by atoms with Gasteiger partial charge in [-0.3, -0.25) is 4.79 Å². The van der Waals surface area contributed by atoms with Crippen molar-refractivity contribution in [2.24, 2.45) is 0 Å². The number of carboxylic acids is 1. The van der Waals surface area contributed by atoms with Crippen molar-refractivity contribution in [3.05, 3.63) is 17.7 Å². The maximum absolute atomic E-state index is 11.7. The summed E-state index contributed by atoms with van der Waals surface area (Å²) in [6, 6.07) is 3.11. The van der Waals surface area contributed by atoms with Gasteiger partial charge in [0, 0.05) is 25.1 Å². The number of rotatable bonds is 9. The van der Waals surface area contributed by atoms with Gasteiger partial charge in [-0.05, 0) is 18.6 Å². The van der Waals surface area contributed by atoms with Crippen LogP contribution in [0.1, 0.15) is 18.4 Å². The van der Waals surface area contributed by atoms with Crippen LogP contribution >= 0.6 is 0 Å². The number of urea groups is 1. The van der Waals surface area contributed by atoms with Crippen molar-refractivity contribution in [3.8, 4) is 17.2 Å². The Labute approximate surface area is 134 Å². The van der Waals surface area contributed by atoms with Crippen molar-refractivity contribution in [1.29, 1.82) is 0 Å². The molecule has 1 rings (SSSR count). The minimum Gasteiger partial charge on any atom is -0.493 e. The second kappa shape index (κ2) is 9.39. The molecule has 0 unspecified atom stereocenters. The number of carboxylic acid groups (broad SMARTS) is 1. The van der Waals surface area contributed by atoms with E-state index in [1.165, 1.54) is 21.3 Å². The number of methoxy groups -OCH3 is 3. The van der Waals surface area contributed by atoms with Crippen LogP contribution in [-0.2, 0) is 11.3 Å². The first-order valence-electron chi connectivity index (χ1n) is 7.04. The first kappa shape index (κ1) is 18.4. The highest BCUT2D eigenvalue weighted by Gasteiger charge is 2.16. The summed E-state index contributed by atoms with van der Waals surface area (Å²) in [5, 5.41) is 13.8. The van der Waals surface area contributed by atoms with E-state index in [0.717, 1.165) is 5.56 Å². The van der Waals surface area contributed by atoms with Crippen LogP contribution in [0.3, 0.4) is 0 Å². The normalized spacial score (nSPS) is 9.87. The third-order valence-electron chi connectivity index (χ3n) is 3.08. The minimum absolute atomic E-state index is 0.0176. The van der Waals surface area contributed by atoms with Gasteiger partial charge in [0.15, 0.2) is 11.5 Å². The zero-order chi connectivity index (χ0) is 17.2. The molecule has 0 saturated heterocycles. The molecule has 8 heteroatoms. The molecule has 0 saturated carbocycles. The predicted molar refractivity (Wildman–Crippen MR) is 83.2 cm³/mol. The standard InChI is InChI=1S/C15H22N2O6/c1-21-11-7-6-10(13(22-2)14(11)23-3)9-17-15(20)16-8-4-5-12(18)19/h6-7H,4-5,8-9H2,1-3H3,(H,18,19)(H2,16,17,20). The van der Waals surface area contributed by atoms with Crippen molar-refractivity contribution in [2.45, 2.75) is 19.4 Å². The highest BCUT2D eigenvalue weighted by Crippen LogP contribution is 2.39. The second-order valence-corrected chi connectivity index (χ2v) is 4.60. The average Bonchev–Trinajstić information content (AvgIpc) is 2.55. The van der Waals surface area contributed by atoms with Crippen LogP contribution in [-0.4, -0.2) is 45.0 Å². The number of benzene rings is 1. The van der Waals surface area contributed by atoms with Crippen LogP contribution in [0.4, 0.5) is 4.79 Å². The molecule has 1 aromatic carbocycles. The predicted octanol–water partition coefficient (Wildman–Crippen LogP) is 1.38. The Kier molecular flexibility index (Phi) is 7.52. The molecule has 0 aliphatic heterocycles. The molecular weight excluding hydrogens is 304 g/mol. The molecule has 0 radical (unpaired) electrons. The summed E-state index contributed by atoms with van der Waals surface area (Å²) >= 11 is 0. The fourth-order valence-corrected chi connectivity index (χ4v) is 1.98. The minimum atomic E-state index is -0.887. The van der Waals surface area contributed by atoms with Gasteiger partial charge in [-0.15, -0.1) is 0 Å². The SMILES string of the molecule is COc1ccc(CNC(=O)NCCCC(=O)O)c(OC)c1OC. The zero-order valence-electron chi connectivity index (χ0n) is 13.5. The maximum atomic E-state index is 11.7. The lowest BCUT2D eigenvalue weighted by Crippen LogP contribution is -2.35. The number of ether oxygens (including phenoxy) is 3. The molecule has 23 heavy (non-hydrogen) atoms. The largest absolute Gasteiger partial charge is 0.493 e. The second-order valence-electron chi connectivity index (χ2n) is 4.60. The first-order valence-corrected chi connectivity index (χ1v) is 7.04. The molecule has 128 valence electrons. The van der Waals surface area contributed by atoms with Crippen molar-refractivity contribution >= 4 is 12.0 Å². The van der Waals surface area contributed by atoms with Gasteiger partial charge in [-0.2, -0.15) is 0 Å². The van der Waals surface area contributed by atoms with Crippen LogP contribution in [0.25, 0.3) is 0 Å². The summed E-state index contributed by atoms with van der Waals surface area (Å²) in [5.41, 5.74) is 0.728. The summed E-state index contributed by atoms with van der Waals surface area (Å²) in [6.07, 6.45) is 0.395. The van der Waals surface area contributed by atoms with Crippen molar-refractivity contribution in [1.82, 2.24) is 10.6 Å². The molecule has 2 amide bonds. The molecule has 1 aromatic rings. The lowest BCUT2D eigenvalue weighted by atomic mass is 10.1. The number of carbonyl (C=O) groups is 2. The lowest BCUT2D eigenvalue weighted by Gasteiger charge is -2.16. The molecular formula is C15H22N2O6. The molecule has 3 N–H and O–H groups in total. The number of amides is 2. The molecule has 0 spiro atoms. The molecule has 0 fully saturated rings. The molecule has 0 heterocycles. The van der Waals surface area contributed by atoms with Crippen LogP contribution in [0, 0.1) is 0 Å². The third kappa shape index (κ3) is 5.57. The van der Waals surface area contributed by atoms with Crippen LogP contribution in [0.2, 0.25) is 0 Å². The van der Waals surface area contributed by atoms with Crippen LogP contribution < -0.4 is 24.8 Å².